The van der Waals surface area contributed by atoms with Gasteiger partial charge in [0.25, 0.3) is 0 Å². The molecule has 0 aliphatic carbocycles. The second-order valence-corrected chi connectivity index (χ2v) is 13.4. The maximum Gasteiger partial charge on any atom is 0.336 e. The van der Waals surface area contributed by atoms with Crippen molar-refractivity contribution in [2.24, 2.45) is 0 Å². The largest absolute Gasteiger partial charge is 0.504 e. The Hall–Kier alpha value is -2.66. The van der Waals surface area contributed by atoms with E-state index in [9.17, 15) is 30.0 Å². The summed E-state index contributed by atoms with van der Waals surface area (Å²) in [5.41, 5.74) is -0.445. The predicted molar refractivity (Wildman–Crippen MR) is 185 cm³/mol. The second kappa shape index (κ2) is 22.9. The van der Waals surface area contributed by atoms with Gasteiger partial charge in [-0.25, -0.2) is 4.79 Å². The molecule has 4 N–H and O–H groups in total. The molecule has 1 aliphatic rings. The van der Waals surface area contributed by atoms with E-state index < -0.39 is 42.3 Å². The Morgan fingerprint density at radius 1 is 0.708 bits per heavy atom. The monoisotopic (exact) mass is 676 g/mol. The van der Waals surface area contributed by atoms with E-state index in [-0.39, 0.29) is 30.1 Å². The average Bonchev–Trinajstić information content (AvgIpc) is 3.07. The number of hydrogen-bond donors (Lipinski definition) is 4. The van der Waals surface area contributed by atoms with Crippen LogP contribution in [0, 0.1) is 0 Å². The van der Waals surface area contributed by atoms with Gasteiger partial charge < -0.3 is 39.1 Å². The van der Waals surface area contributed by atoms with Gasteiger partial charge in [-0.2, -0.15) is 0 Å². The summed E-state index contributed by atoms with van der Waals surface area (Å²) in [6.45, 7) is 1.93. The Kier molecular flexibility index (Phi) is 19.0. The Balaban J connectivity index is 1.19. The van der Waals surface area contributed by atoms with Crippen molar-refractivity contribution < 1.29 is 43.8 Å². The third-order valence-corrected chi connectivity index (χ3v) is 9.26. The zero-order chi connectivity index (χ0) is 34.6. The van der Waals surface area contributed by atoms with Crippen molar-refractivity contribution in [2.45, 2.75) is 172 Å². The predicted octanol–water partition coefficient (Wildman–Crippen LogP) is 7.44. The second-order valence-electron chi connectivity index (χ2n) is 13.4. The quantitative estimate of drug-likeness (QED) is 0.0474. The van der Waals surface area contributed by atoms with Crippen LogP contribution in [0.4, 0.5) is 0 Å². The minimum atomic E-state index is -1.65. The minimum Gasteiger partial charge on any atom is -0.504 e. The number of aromatic hydroxyl groups is 1. The topological polar surface area (TPSA) is 156 Å². The summed E-state index contributed by atoms with van der Waals surface area (Å²) >= 11 is 0. The highest BCUT2D eigenvalue weighted by molar-refractivity contribution is 5.80. The van der Waals surface area contributed by atoms with E-state index in [1.165, 1.54) is 133 Å². The fraction of sp³-hybridized carbons (Fsp3) is 0.737. The van der Waals surface area contributed by atoms with Crippen molar-refractivity contribution in [1.82, 2.24) is 0 Å². The molecular formula is C38H60O10. The molecule has 2 aromatic rings. The van der Waals surface area contributed by atoms with Gasteiger partial charge in [0.15, 0.2) is 11.5 Å². The molecule has 0 bridgehead atoms. The van der Waals surface area contributed by atoms with Crippen molar-refractivity contribution in [3.8, 4) is 11.5 Å². The number of phenols is 1. The van der Waals surface area contributed by atoms with Crippen molar-refractivity contribution in [1.29, 1.82) is 0 Å². The summed E-state index contributed by atoms with van der Waals surface area (Å²) in [5.74, 6) is -0.912. The molecule has 272 valence electrons. The molecule has 1 fully saturated rings. The number of carbonyl (C=O) groups is 1. The van der Waals surface area contributed by atoms with Crippen LogP contribution < -0.4 is 10.4 Å². The van der Waals surface area contributed by atoms with Crippen molar-refractivity contribution in [2.75, 3.05) is 6.61 Å². The molecule has 1 aliphatic heterocycles. The van der Waals surface area contributed by atoms with E-state index in [2.05, 4.69) is 6.92 Å². The molecule has 0 amide bonds. The Bertz CT molecular complexity index is 1230. The summed E-state index contributed by atoms with van der Waals surface area (Å²) in [6, 6.07) is 5.26. The molecule has 1 aromatic heterocycles. The number of aliphatic hydroxyl groups is 3. The maximum atomic E-state index is 12.3. The van der Waals surface area contributed by atoms with Crippen LogP contribution in [0.2, 0.25) is 0 Å². The number of ether oxygens (including phenoxy) is 3. The van der Waals surface area contributed by atoms with Gasteiger partial charge in [0.05, 0.1) is 0 Å². The number of aliphatic hydroxyl groups excluding tert-OH is 3. The van der Waals surface area contributed by atoms with Gasteiger partial charge in [0, 0.05) is 23.9 Å². The standard InChI is InChI=1S/C38H60O10/c1-2-3-4-5-6-7-8-9-10-11-12-13-14-15-16-17-18-19-20-21-22-33(40)45-27-32-35(42)36(43)37(44)38(48-32)47-31-25-28-23-24-34(41)46-30(28)26-29(31)39/h23-26,32,35-39,42-44H,2-22,27H2,1H3/t32-,35-,36+,37-,38+/m1/s1. The SMILES string of the molecule is CCCCCCCCCCCCCCCCCCCCCCC(=O)OC[C@H]1O[C@H](Oc2cc3ccc(=O)oc3cc2O)[C@H](O)[C@@H](O)[C@@H]1O. The molecule has 0 radical (unpaired) electrons. The number of hydrogen-bond acceptors (Lipinski definition) is 10. The van der Waals surface area contributed by atoms with Crippen LogP contribution in [0.3, 0.4) is 0 Å². The molecule has 0 unspecified atom stereocenters. The molecule has 48 heavy (non-hydrogen) atoms. The first-order valence-corrected chi connectivity index (χ1v) is 18.6. The minimum absolute atomic E-state index is 0.0979. The van der Waals surface area contributed by atoms with Crippen LogP contribution in [0.15, 0.2) is 33.5 Å². The van der Waals surface area contributed by atoms with E-state index >= 15 is 0 Å². The van der Waals surface area contributed by atoms with Crippen LogP contribution in [0.1, 0.15) is 142 Å². The highest BCUT2D eigenvalue weighted by atomic mass is 16.7. The molecule has 2 heterocycles. The first-order valence-electron chi connectivity index (χ1n) is 18.6. The number of esters is 1. The van der Waals surface area contributed by atoms with Crippen LogP contribution in [-0.2, 0) is 14.3 Å². The third-order valence-electron chi connectivity index (χ3n) is 9.26. The summed E-state index contributed by atoms with van der Waals surface area (Å²) in [5, 5.41) is 42.0. The number of fused-ring (bicyclic) bond motifs is 1. The molecule has 0 spiro atoms. The van der Waals surface area contributed by atoms with Crippen LogP contribution in [0.5, 0.6) is 11.5 Å². The van der Waals surface area contributed by atoms with E-state index in [1.54, 1.807) is 0 Å². The maximum absolute atomic E-state index is 12.3. The van der Waals surface area contributed by atoms with Crippen molar-refractivity contribution in [3.05, 3.63) is 34.7 Å². The first-order chi connectivity index (χ1) is 23.3. The molecule has 5 atom stereocenters. The first kappa shape index (κ1) is 39.8. The summed E-state index contributed by atoms with van der Waals surface area (Å²) in [4.78, 5) is 23.8. The van der Waals surface area contributed by atoms with Gasteiger partial charge in [-0.3, -0.25) is 4.79 Å². The lowest BCUT2D eigenvalue weighted by atomic mass is 9.99. The van der Waals surface area contributed by atoms with Crippen LogP contribution in [0.25, 0.3) is 11.0 Å². The zero-order valence-corrected chi connectivity index (χ0v) is 29.0. The van der Waals surface area contributed by atoms with Crippen molar-refractivity contribution in [3.63, 3.8) is 0 Å². The van der Waals surface area contributed by atoms with Gasteiger partial charge in [-0.05, 0) is 18.6 Å². The van der Waals surface area contributed by atoms with E-state index in [0.29, 0.717) is 11.8 Å². The molecule has 1 aromatic carbocycles. The fourth-order valence-corrected chi connectivity index (χ4v) is 6.23. The average molecular weight is 677 g/mol. The number of rotatable bonds is 25. The number of carbonyl (C=O) groups excluding carboxylic acids is 1. The van der Waals surface area contributed by atoms with Crippen molar-refractivity contribution >= 4 is 16.9 Å². The Labute approximate surface area is 285 Å². The van der Waals surface area contributed by atoms with Gasteiger partial charge in [0.1, 0.15) is 36.6 Å². The van der Waals surface area contributed by atoms with Gasteiger partial charge in [-0.15, -0.1) is 0 Å². The molecule has 10 heteroatoms. The number of phenolic OH excluding ortho intramolecular Hbond substituents is 1. The van der Waals surface area contributed by atoms with Gasteiger partial charge in [-0.1, -0.05) is 129 Å². The Morgan fingerprint density at radius 3 is 1.77 bits per heavy atom. The molecule has 1 saturated heterocycles. The van der Waals surface area contributed by atoms with Gasteiger partial charge in [0.2, 0.25) is 6.29 Å². The third kappa shape index (κ3) is 14.4. The Morgan fingerprint density at radius 2 is 1.23 bits per heavy atom. The van der Waals surface area contributed by atoms with Crippen LogP contribution in [-0.4, -0.2) is 63.7 Å². The van der Waals surface area contributed by atoms with E-state index in [0.717, 1.165) is 12.8 Å². The van der Waals surface area contributed by atoms with Gasteiger partial charge >= 0.3 is 11.6 Å². The van der Waals surface area contributed by atoms with E-state index in [1.807, 2.05) is 0 Å². The lowest BCUT2D eigenvalue weighted by molar-refractivity contribution is -0.278. The normalized spacial score (nSPS) is 21.0. The smallest absolute Gasteiger partial charge is 0.336 e. The summed E-state index contributed by atoms with van der Waals surface area (Å²) in [6.07, 6.45) is 18.5. The lowest BCUT2D eigenvalue weighted by Gasteiger charge is -2.39. The molecule has 0 saturated carbocycles. The molecule has 3 rings (SSSR count). The zero-order valence-electron chi connectivity index (χ0n) is 29.0. The molecule has 10 nitrogen and oxygen atoms in total. The van der Waals surface area contributed by atoms with E-state index in [4.69, 9.17) is 18.6 Å². The lowest BCUT2D eigenvalue weighted by Crippen LogP contribution is -2.60. The number of unbranched alkanes of at least 4 members (excludes halogenated alkanes) is 19. The highest BCUT2D eigenvalue weighted by Gasteiger charge is 2.45. The van der Waals surface area contributed by atoms with Crippen LogP contribution >= 0.6 is 0 Å². The summed E-state index contributed by atoms with van der Waals surface area (Å²) < 4.78 is 21.6. The fourth-order valence-electron chi connectivity index (χ4n) is 6.23. The number of benzene rings is 1. The molecular weight excluding hydrogens is 616 g/mol. The summed E-state index contributed by atoms with van der Waals surface area (Å²) in [7, 11) is 0. The highest BCUT2D eigenvalue weighted by Crippen LogP contribution is 2.34.